The maximum absolute atomic E-state index is 12.1. The maximum Gasteiger partial charge on any atom is 0.255 e. The molecule has 3 N–H and O–H groups in total. The number of carbonyl (C=O) groups is 1. The monoisotopic (exact) mass is 304 g/mol. The molecule has 0 aliphatic heterocycles. The van der Waals surface area contributed by atoms with E-state index in [1.54, 1.807) is 12.1 Å². The highest BCUT2D eigenvalue weighted by atomic mass is 79.9. The number of hydrogen-bond donors (Lipinski definition) is 2. The van der Waals surface area contributed by atoms with Crippen LogP contribution in [-0.2, 0) is 6.54 Å². The van der Waals surface area contributed by atoms with Crippen molar-refractivity contribution in [3.05, 3.63) is 64.1 Å². The Morgan fingerprint density at radius 2 is 1.94 bits per heavy atom. The second-order valence-corrected chi connectivity index (χ2v) is 4.69. The molecule has 0 unspecified atom stereocenters. The molecule has 0 atom stereocenters. The van der Waals surface area contributed by atoms with Gasteiger partial charge in [-0.1, -0.05) is 24.3 Å². The van der Waals surface area contributed by atoms with E-state index in [2.05, 4.69) is 21.2 Å². The number of nitrogens with one attached hydrogen (secondary N) is 1. The molecule has 4 heteroatoms. The molecule has 0 saturated carbocycles. The number of carbonyl (C=O) groups excluding carboxylic acids is 1. The van der Waals surface area contributed by atoms with Crippen LogP contribution in [0.5, 0.6) is 0 Å². The van der Waals surface area contributed by atoms with Crippen molar-refractivity contribution in [2.24, 2.45) is 5.73 Å². The van der Waals surface area contributed by atoms with Crippen LogP contribution in [0.4, 0.5) is 5.69 Å². The molecule has 0 bridgehead atoms. The first kappa shape index (κ1) is 12.8. The predicted molar refractivity (Wildman–Crippen MR) is 76.4 cm³/mol. The van der Waals surface area contributed by atoms with Gasteiger partial charge in [0.2, 0.25) is 0 Å². The van der Waals surface area contributed by atoms with E-state index in [0.29, 0.717) is 12.1 Å². The third kappa shape index (κ3) is 2.97. The molecule has 0 aliphatic rings. The number of benzene rings is 2. The lowest BCUT2D eigenvalue weighted by molar-refractivity contribution is 0.102. The van der Waals surface area contributed by atoms with Crippen LogP contribution in [-0.4, -0.2) is 5.91 Å². The fourth-order valence-electron chi connectivity index (χ4n) is 1.60. The van der Waals surface area contributed by atoms with Gasteiger partial charge in [0, 0.05) is 16.6 Å². The molecule has 1 amide bonds. The Bertz CT molecular complexity index is 569. The van der Waals surface area contributed by atoms with Crippen molar-refractivity contribution in [3.8, 4) is 0 Å². The molecule has 0 fully saturated rings. The number of amides is 1. The van der Waals surface area contributed by atoms with Crippen molar-refractivity contribution in [1.29, 1.82) is 0 Å². The van der Waals surface area contributed by atoms with E-state index in [1.165, 1.54) is 0 Å². The second-order valence-electron chi connectivity index (χ2n) is 3.84. The van der Waals surface area contributed by atoms with E-state index in [-0.39, 0.29) is 5.91 Å². The van der Waals surface area contributed by atoms with Crippen molar-refractivity contribution in [2.45, 2.75) is 6.54 Å². The Kier molecular flexibility index (Phi) is 4.12. The van der Waals surface area contributed by atoms with Gasteiger partial charge in [-0.15, -0.1) is 0 Å². The summed E-state index contributed by atoms with van der Waals surface area (Å²) >= 11 is 3.39. The van der Waals surface area contributed by atoms with Gasteiger partial charge in [0.15, 0.2) is 0 Å². The average molecular weight is 305 g/mol. The number of nitrogens with two attached hydrogens (primary N) is 1. The molecule has 2 aromatic carbocycles. The molecule has 0 aromatic heterocycles. The molecule has 0 aliphatic carbocycles. The van der Waals surface area contributed by atoms with Gasteiger partial charge < -0.3 is 11.1 Å². The lowest BCUT2D eigenvalue weighted by atomic mass is 10.1. The van der Waals surface area contributed by atoms with Crippen LogP contribution < -0.4 is 11.1 Å². The summed E-state index contributed by atoms with van der Waals surface area (Å²) in [7, 11) is 0. The van der Waals surface area contributed by atoms with E-state index >= 15 is 0 Å². The molecule has 92 valence electrons. The summed E-state index contributed by atoms with van der Waals surface area (Å²) in [5.74, 6) is -0.141. The molecular weight excluding hydrogens is 292 g/mol. The largest absolute Gasteiger partial charge is 0.326 e. The summed E-state index contributed by atoms with van der Waals surface area (Å²) in [4.78, 5) is 12.1. The summed E-state index contributed by atoms with van der Waals surface area (Å²) in [6, 6.07) is 14.8. The zero-order valence-corrected chi connectivity index (χ0v) is 11.3. The molecular formula is C14H13BrN2O. The molecule has 0 saturated heterocycles. The summed E-state index contributed by atoms with van der Waals surface area (Å²) in [5.41, 5.74) is 7.85. The molecule has 2 rings (SSSR count). The fourth-order valence-corrected chi connectivity index (χ4v) is 1.98. The standard InChI is InChI=1S/C14H13BrN2O/c15-12-6-1-2-7-13(12)17-14(18)11-5-3-4-10(8-11)9-16/h1-8H,9,16H2,(H,17,18). The highest BCUT2D eigenvalue weighted by Crippen LogP contribution is 2.21. The van der Waals surface area contributed by atoms with E-state index in [1.807, 2.05) is 36.4 Å². The van der Waals surface area contributed by atoms with E-state index in [4.69, 9.17) is 5.73 Å². The van der Waals surface area contributed by atoms with Crippen molar-refractivity contribution in [1.82, 2.24) is 0 Å². The Morgan fingerprint density at radius 1 is 1.17 bits per heavy atom. The van der Waals surface area contributed by atoms with Gasteiger partial charge in [0.25, 0.3) is 5.91 Å². The van der Waals surface area contributed by atoms with Crippen LogP contribution in [0.3, 0.4) is 0 Å². The molecule has 0 heterocycles. The van der Waals surface area contributed by atoms with Gasteiger partial charge in [-0.25, -0.2) is 0 Å². The Balaban J connectivity index is 2.19. The van der Waals surface area contributed by atoms with Crippen molar-refractivity contribution in [3.63, 3.8) is 0 Å². The van der Waals surface area contributed by atoms with Gasteiger partial charge in [-0.3, -0.25) is 4.79 Å². The zero-order chi connectivity index (χ0) is 13.0. The lowest BCUT2D eigenvalue weighted by Crippen LogP contribution is -2.12. The van der Waals surface area contributed by atoms with Crippen LogP contribution in [0, 0.1) is 0 Å². The SMILES string of the molecule is NCc1cccc(C(=O)Nc2ccccc2Br)c1. The van der Waals surface area contributed by atoms with Crippen molar-refractivity contribution >= 4 is 27.5 Å². The van der Waals surface area contributed by atoms with Crippen molar-refractivity contribution < 1.29 is 4.79 Å². The van der Waals surface area contributed by atoms with Gasteiger partial charge in [-0.2, -0.15) is 0 Å². The summed E-state index contributed by atoms with van der Waals surface area (Å²) in [6.07, 6.45) is 0. The van der Waals surface area contributed by atoms with Gasteiger partial charge in [-0.05, 0) is 45.8 Å². The smallest absolute Gasteiger partial charge is 0.255 e. The van der Waals surface area contributed by atoms with Crippen LogP contribution in [0.15, 0.2) is 53.0 Å². The molecule has 2 aromatic rings. The first-order valence-corrected chi connectivity index (χ1v) is 6.35. The Morgan fingerprint density at radius 3 is 2.67 bits per heavy atom. The van der Waals surface area contributed by atoms with Crippen LogP contribution >= 0.6 is 15.9 Å². The van der Waals surface area contributed by atoms with E-state index in [9.17, 15) is 4.79 Å². The lowest BCUT2D eigenvalue weighted by Gasteiger charge is -2.07. The first-order valence-electron chi connectivity index (χ1n) is 5.55. The zero-order valence-electron chi connectivity index (χ0n) is 9.69. The normalized spacial score (nSPS) is 10.1. The number of para-hydroxylation sites is 1. The number of rotatable bonds is 3. The van der Waals surface area contributed by atoms with Crippen LogP contribution in [0.25, 0.3) is 0 Å². The quantitative estimate of drug-likeness (QED) is 0.915. The van der Waals surface area contributed by atoms with Gasteiger partial charge in [0.05, 0.1) is 5.69 Å². The van der Waals surface area contributed by atoms with E-state index in [0.717, 1.165) is 15.7 Å². The van der Waals surface area contributed by atoms with Crippen LogP contribution in [0.1, 0.15) is 15.9 Å². The predicted octanol–water partition coefficient (Wildman–Crippen LogP) is 3.16. The molecule has 0 radical (unpaired) electrons. The second kappa shape index (κ2) is 5.80. The number of hydrogen-bond acceptors (Lipinski definition) is 2. The molecule has 3 nitrogen and oxygen atoms in total. The maximum atomic E-state index is 12.1. The van der Waals surface area contributed by atoms with E-state index < -0.39 is 0 Å². The number of halogens is 1. The molecule has 0 spiro atoms. The first-order chi connectivity index (χ1) is 8.70. The third-order valence-electron chi connectivity index (χ3n) is 2.55. The van der Waals surface area contributed by atoms with Crippen LogP contribution in [0.2, 0.25) is 0 Å². The summed E-state index contributed by atoms with van der Waals surface area (Å²) < 4.78 is 0.855. The minimum Gasteiger partial charge on any atom is -0.326 e. The van der Waals surface area contributed by atoms with Gasteiger partial charge >= 0.3 is 0 Å². The highest BCUT2D eigenvalue weighted by molar-refractivity contribution is 9.10. The summed E-state index contributed by atoms with van der Waals surface area (Å²) in [6.45, 7) is 0.427. The van der Waals surface area contributed by atoms with Gasteiger partial charge in [0.1, 0.15) is 0 Å². The summed E-state index contributed by atoms with van der Waals surface area (Å²) in [5, 5.41) is 2.85. The Labute approximate surface area is 114 Å². The molecule has 18 heavy (non-hydrogen) atoms. The number of anilines is 1. The average Bonchev–Trinajstić information content (AvgIpc) is 2.41. The van der Waals surface area contributed by atoms with Crippen molar-refractivity contribution in [2.75, 3.05) is 5.32 Å². The third-order valence-corrected chi connectivity index (χ3v) is 3.24. The highest BCUT2D eigenvalue weighted by Gasteiger charge is 2.07. The topological polar surface area (TPSA) is 55.1 Å². The minimum absolute atomic E-state index is 0.141. The Hall–Kier alpha value is -1.65. The fraction of sp³-hybridized carbons (Fsp3) is 0.0714. The minimum atomic E-state index is -0.141.